The van der Waals surface area contributed by atoms with Crippen LogP contribution in [0.1, 0.15) is 10.5 Å². The Morgan fingerprint density at radius 2 is 2.00 bits per heavy atom. The first-order valence-electron chi connectivity index (χ1n) is 4.32. The summed E-state index contributed by atoms with van der Waals surface area (Å²) >= 11 is 11.6. The van der Waals surface area contributed by atoms with E-state index in [1.54, 1.807) is 18.2 Å². The summed E-state index contributed by atoms with van der Waals surface area (Å²) in [7, 11) is 0. The Balaban J connectivity index is 2.42. The second kappa shape index (κ2) is 4.15. The van der Waals surface area contributed by atoms with E-state index in [1.807, 2.05) is 0 Å². The van der Waals surface area contributed by atoms with Crippen molar-refractivity contribution in [3.05, 3.63) is 40.0 Å². The molecule has 1 aromatic heterocycles. The van der Waals surface area contributed by atoms with Crippen LogP contribution >= 0.6 is 23.2 Å². The van der Waals surface area contributed by atoms with Crippen molar-refractivity contribution in [1.82, 2.24) is 10.2 Å². The minimum absolute atomic E-state index is 0.0288. The van der Waals surface area contributed by atoms with Crippen LogP contribution in [0.15, 0.2) is 24.3 Å². The van der Waals surface area contributed by atoms with Gasteiger partial charge in [0.1, 0.15) is 5.69 Å². The number of nitrogens with zero attached hydrogens (tertiary/aromatic N) is 1. The highest BCUT2D eigenvalue weighted by molar-refractivity contribution is 6.42. The number of nitrogens with one attached hydrogen (secondary N) is 1. The van der Waals surface area contributed by atoms with E-state index < -0.39 is 5.97 Å². The van der Waals surface area contributed by atoms with E-state index in [4.69, 9.17) is 28.3 Å². The fourth-order valence-electron chi connectivity index (χ4n) is 1.23. The summed E-state index contributed by atoms with van der Waals surface area (Å²) in [6.45, 7) is 0. The molecule has 0 bridgehead atoms. The summed E-state index contributed by atoms with van der Waals surface area (Å²) in [5.41, 5.74) is 1.25. The van der Waals surface area contributed by atoms with E-state index in [9.17, 15) is 4.79 Å². The number of aromatic carboxylic acids is 1. The van der Waals surface area contributed by atoms with Crippen molar-refractivity contribution in [3.63, 3.8) is 0 Å². The molecule has 2 N–H and O–H groups in total. The minimum atomic E-state index is -1.06. The lowest BCUT2D eigenvalue weighted by Gasteiger charge is -1.98. The van der Waals surface area contributed by atoms with Gasteiger partial charge in [-0.15, -0.1) is 0 Å². The molecule has 0 fully saturated rings. The first kappa shape index (κ1) is 11.0. The monoisotopic (exact) mass is 256 g/mol. The van der Waals surface area contributed by atoms with E-state index in [0.29, 0.717) is 21.3 Å². The quantitative estimate of drug-likeness (QED) is 0.868. The first-order valence-corrected chi connectivity index (χ1v) is 5.07. The minimum Gasteiger partial charge on any atom is -0.477 e. The smallest absolute Gasteiger partial charge is 0.353 e. The van der Waals surface area contributed by atoms with Crippen LogP contribution in [0.4, 0.5) is 0 Å². The maximum atomic E-state index is 10.6. The van der Waals surface area contributed by atoms with Gasteiger partial charge < -0.3 is 5.11 Å². The molecule has 0 aliphatic carbocycles. The number of benzene rings is 1. The van der Waals surface area contributed by atoms with Crippen LogP contribution in [0.5, 0.6) is 0 Å². The van der Waals surface area contributed by atoms with Crippen molar-refractivity contribution in [1.29, 1.82) is 0 Å². The molecule has 0 atom stereocenters. The van der Waals surface area contributed by atoms with Crippen LogP contribution < -0.4 is 0 Å². The zero-order valence-corrected chi connectivity index (χ0v) is 9.38. The Morgan fingerprint density at radius 3 is 2.56 bits per heavy atom. The predicted octanol–water partition coefficient (Wildman–Crippen LogP) is 3.08. The molecule has 82 valence electrons. The van der Waals surface area contributed by atoms with Gasteiger partial charge in [-0.2, -0.15) is 5.10 Å². The van der Waals surface area contributed by atoms with Gasteiger partial charge in [0.25, 0.3) is 0 Å². The highest BCUT2D eigenvalue weighted by Crippen LogP contribution is 2.27. The van der Waals surface area contributed by atoms with E-state index >= 15 is 0 Å². The Kier molecular flexibility index (Phi) is 2.85. The number of aromatic amines is 1. The van der Waals surface area contributed by atoms with Gasteiger partial charge in [0.15, 0.2) is 0 Å². The van der Waals surface area contributed by atoms with Crippen LogP contribution in [-0.2, 0) is 0 Å². The van der Waals surface area contributed by atoms with Crippen LogP contribution in [0.3, 0.4) is 0 Å². The molecule has 0 aliphatic heterocycles. The van der Waals surface area contributed by atoms with Gasteiger partial charge in [-0.05, 0) is 18.2 Å². The highest BCUT2D eigenvalue weighted by Gasteiger charge is 2.10. The maximum absolute atomic E-state index is 10.6. The maximum Gasteiger partial charge on any atom is 0.353 e. The fraction of sp³-hybridized carbons (Fsp3) is 0. The van der Waals surface area contributed by atoms with Crippen molar-refractivity contribution in [2.75, 3.05) is 0 Å². The number of halogens is 2. The summed E-state index contributed by atoms with van der Waals surface area (Å²) in [5.74, 6) is -1.06. The lowest BCUT2D eigenvalue weighted by Crippen LogP contribution is -1.95. The fourth-order valence-corrected chi connectivity index (χ4v) is 1.53. The van der Waals surface area contributed by atoms with Crippen molar-refractivity contribution in [2.24, 2.45) is 0 Å². The Hall–Kier alpha value is -1.52. The normalized spacial score (nSPS) is 10.4. The van der Waals surface area contributed by atoms with E-state index in [2.05, 4.69) is 10.2 Å². The van der Waals surface area contributed by atoms with Crippen LogP contribution in [0.25, 0.3) is 11.3 Å². The average Bonchev–Trinajstić information content (AvgIpc) is 2.71. The Labute approximate surface area is 101 Å². The van der Waals surface area contributed by atoms with Crippen LogP contribution in [0, 0.1) is 0 Å². The second-order valence-corrected chi connectivity index (χ2v) is 3.92. The number of aromatic nitrogens is 2. The number of carboxylic acid groups (broad SMARTS) is 1. The molecule has 1 heterocycles. The number of rotatable bonds is 2. The third-order valence-electron chi connectivity index (χ3n) is 2.02. The molecule has 0 aliphatic rings. The predicted molar refractivity (Wildman–Crippen MR) is 61.0 cm³/mol. The molecule has 0 amide bonds. The number of carboxylic acids is 1. The molecule has 0 unspecified atom stereocenters. The molecule has 2 rings (SSSR count). The highest BCUT2D eigenvalue weighted by atomic mass is 35.5. The molecule has 2 aromatic rings. The summed E-state index contributed by atoms with van der Waals surface area (Å²) in [4.78, 5) is 10.6. The molecule has 6 heteroatoms. The van der Waals surface area contributed by atoms with Crippen molar-refractivity contribution < 1.29 is 9.90 Å². The number of hydrogen-bond acceptors (Lipinski definition) is 2. The average molecular weight is 257 g/mol. The number of hydrogen-bond donors (Lipinski definition) is 2. The summed E-state index contributed by atoms with van der Waals surface area (Å²) < 4.78 is 0. The van der Waals surface area contributed by atoms with E-state index in [1.165, 1.54) is 6.07 Å². The van der Waals surface area contributed by atoms with E-state index in [-0.39, 0.29) is 5.69 Å². The molecule has 0 saturated heterocycles. The SMILES string of the molecule is O=C(O)c1cc(-c2ccc(Cl)c(Cl)c2)n[nH]1. The lowest BCUT2D eigenvalue weighted by molar-refractivity contribution is 0.0690. The Bertz CT molecular complexity index is 552. The molecule has 4 nitrogen and oxygen atoms in total. The van der Waals surface area contributed by atoms with Gasteiger partial charge in [0, 0.05) is 5.56 Å². The molecule has 0 radical (unpaired) electrons. The molecular weight excluding hydrogens is 251 g/mol. The molecule has 16 heavy (non-hydrogen) atoms. The first-order chi connectivity index (χ1) is 7.58. The third-order valence-corrected chi connectivity index (χ3v) is 2.76. The van der Waals surface area contributed by atoms with Crippen molar-refractivity contribution in [3.8, 4) is 11.3 Å². The zero-order valence-electron chi connectivity index (χ0n) is 7.87. The summed E-state index contributed by atoms with van der Waals surface area (Å²) in [5, 5.41) is 15.9. The van der Waals surface area contributed by atoms with Gasteiger partial charge in [-0.1, -0.05) is 29.3 Å². The zero-order chi connectivity index (χ0) is 11.7. The lowest BCUT2D eigenvalue weighted by atomic mass is 10.1. The summed E-state index contributed by atoms with van der Waals surface area (Å²) in [6.07, 6.45) is 0. The van der Waals surface area contributed by atoms with Gasteiger partial charge in [-0.25, -0.2) is 4.79 Å². The number of carbonyl (C=O) groups is 1. The van der Waals surface area contributed by atoms with Crippen molar-refractivity contribution in [2.45, 2.75) is 0 Å². The standard InChI is InChI=1S/C10H6Cl2N2O2/c11-6-2-1-5(3-7(6)12)8-4-9(10(15)16)14-13-8/h1-4H,(H,13,14)(H,15,16). The molecule has 0 saturated carbocycles. The van der Waals surface area contributed by atoms with Crippen LogP contribution in [0.2, 0.25) is 10.0 Å². The van der Waals surface area contributed by atoms with Crippen molar-refractivity contribution >= 4 is 29.2 Å². The molecule has 0 spiro atoms. The Morgan fingerprint density at radius 1 is 1.25 bits per heavy atom. The van der Waals surface area contributed by atoms with E-state index in [0.717, 1.165) is 0 Å². The van der Waals surface area contributed by atoms with Crippen LogP contribution in [-0.4, -0.2) is 21.3 Å². The number of H-pyrrole nitrogens is 1. The second-order valence-electron chi connectivity index (χ2n) is 3.10. The third kappa shape index (κ3) is 2.03. The summed E-state index contributed by atoms with van der Waals surface area (Å²) in [6, 6.07) is 6.41. The molecule has 1 aromatic carbocycles. The van der Waals surface area contributed by atoms with Gasteiger partial charge >= 0.3 is 5.97 Å². The topological polar surface area (TPSA) is 66.0 Å². The van der Waals surface area contributed by atoms with Gasteiger partial charge in [-0.3, -0.25) is 5.10 Å². The van der Waals surface area contributed by atoms with Gasteiger partial charge in [0.05, 0.1) is 15.7 Å². The molecular formula is C10H6Cl2N2O2. The largest absolute Gasteiger partial charge is 0.477 e. The van der Waals surface area contributed by atoms with Gasteiger partial charge in [0.2, 0.25) is 0 Å².